The van der Waals surface area contributed by atoms with Gasteiger partial charge in [0.2, 0.25) is 5.91 Å². The SMILES string of the molecule is C#CCOC1CC(C(=O)NCC2C=C(Br)NO2)N(C(=O)OCc2cnc3ccccc3c2)C1. The van der Waals surface area contributed by atoms with Crippen LogP contribution >= 0.6 is 15.9 Å². The molecule has 10 heteroatoms. The van der Waals surface area contributed by atoms with Crippen molar-refractivity contribution in [3.05, 3.63) is 52.8 Å². The minimum atomic E-state index is -0.739. The first-order valence-corrected chi connectivity index (χ1v) is 11.2. The van der Waals surface area contributed by atoms with Crippen molar-refractivity contribution in [1.29, 1.82) is 0 Å². The van der Waals surface area contributed by atoms with E-state index in [4.69, 9.17) is 20.7 Å². The number of hydroxylamine groups is 1. The third kappa shape index (κ3) is 5.82. The normalized spacial score (nSPS) is 21.9. The van der Waals surface area contributed by atoms with Gasteiger partial charge >= 0.3 is 6.09 Å². The second kappa shape index (κ2) is 10.7. The zero-order valence-corrected chi connectivity index (χ0v) is 19.3. The van der Waals surface area contributed by atoms with Crippen molar-refractivity contribution in [3.63, 3.8) is 0 Å². The first kappa shape index (κ1) is 23.0. The average molecular weight is 515 g/mol. The Morgan fingerprint density at radius 1 is 1.39 bits per heavy atom. The van der Waals surface area contributed by atoms with E-state index in [0.29, 0.717) is 11.0 Å². The van der Waals surface area contributed by atoms with Gasteiger partial charge in [0.25, 0.3) is 0 Å². The van der Waals surface area contributed by atoms with Crippen molar-refractivity contribution in [2.75, 3.05) is 19.7 Å². The Hall–Kier alpha value is -3.13. The number of nitrogens with zero attached hydrogens (tertiary/aromatic N) is 2. The summed E-state index contributed by atoms with van der Waals surface area (Å²) in [5, 5.41) is 3.77. The summed E-state index contributed by atoms with van der Waals surface area (Å²) in [7, 11) is 0. The van der Waals surface area contributed by atoms with Gasteiger partial charge < -0.3 is 14.8 Å². The molecule has 1 aromatic heterocycles. The van der Waals surface area contributed by atoms with Crippen molar-refractivity contribution in [2.24, 2.45) is 0 Å². The summed E-state index contributed by atoms with van der Waals surface area (Å²) in [5.41, 5.74) is 4.28. The number of hydrogen-bond donors (Lipinski definition) is 2. The van der Waals surface area contributed by atoms with Crippen molar-refractivity contribution < 1.29 is 23.9 Å². The summed E-state index contributed by atoms with van der Waals surface area (Å²) < 4.78 is 11.8. The molecule has 2 N–H and O–H groups in total. The lowest BCUT2D eigenvalue weighted by Crippen LogP contribution is -2.47. The van der Waals surface area contributed by atoms with Crippen LogP contribution in [0.5, 0.6) is 0 Å². The van der Waals surface area contributed by atoms with E-state index in [-0.39, 0.29) is 44.4 Å². The number of likely N-dealkylation sites (tertiary alicyclic amines) is 1. The number of amides is 2. The van der Waals surface area contributed by atoms with Crippen LogP contribution in [0.25, 0.3) is 10.9 Å². The Balaban J connectivity index is 1.38. The van der Waals surface area contributed by atoms with Gasteiger partial charge in [0.15, 0.2) is 0 Å². The Morgan fingerprint density at radius 2 is 2.24 bits per heavy atom. The standard InChI is InChI=1S/C23H23BrN4O5/c1-2-7-31-18-9-20(22(29)26-12-17-10-21(24)27-33-17)28(13-18)23(30)32-14-15-8-16-5-3-4-6-19(16)25-11-15/h1,3-6,8,10-11,17-18,20,27H,7,9,12-14H2,(H,26,29). The number of para-hydroxylation sites is 1. The summed E-state index contributed by atoms with van der Waals surface area (Å²) >= 11 is 3.27. The van der Waals surface area contributed by atoms with Crippen LogP contribution in [0.1, 0.15) is 12.0 Å². The van der Waals surface area contributed by atoms with Gasteiger partial charge in [-0.25, -0.2) is 4.79 Å². The molecule has 0 aliphatic carbocycles. The van der Waals surface area contributed by atoms with Gasteiger partial charge in [0, 0.05) is 23.6 Å². The van der Waals surface area contributed by atoms with E-state index in [1.165, 1.54) is 4.90 Å². The molecule has 172 valence electrons. The molecule has 4 rings (SSSR count). The number of hydrogen-bond acceptors (Lipinski definition) is 7. The first-order valence-electron chi connectivity index (χ1n) is 10.4. The molecule has 1 fully saturated rings. The van der Waals surface area contributed by atoms with E-state index in [9.17, 15) is 9.59 Å². The van der Waals surface area contributed by atoms with E-state index >= 15 is 0 Å². The molecule has 1 aromatic carbocycles. The van der Waals surface area contributed by atoms with Crippen LogP contribution in [0, 0.1) is 12.3 Å². The van der Waals surface area contributed by atoms with Gasteiger partial charge in [-0.15, -0.1) is 6.42 Å². The predicted molar refractivity (Wildman–Crippen MR) is 124 cm³/mol. The van der Waals surface area contributed by atoms with Crippen LogP contribution in [0.4, 0.5) is 4.79 Å². The zero-order valence-electron chi connectivity index (χ0n) is 17.7. The average Bonchev–Trinajstić information content (AvgIpc) is 3.45. The number of benzene rings is 1. The number of terminal acetylenes is 1. The number of pyridine rings is 1. The Bertz CT molecular complexity index is 1100. The van der Waals surface area contributed by atoms with Crippen LogP contribution < -0.4 is 10.8 Å². The number of rotatable bonds is 7. The molecule has 2 aliphatic rings. The Kier molecular flexibility index (Phi) is 7.44. The van der Waals surface area contributed by atoms with Crippen molar-refractivity contribution in [3.8, 4) is 12.3 Å². The van der Waals surface area contributed by atoms with Crippen LogP contribution in [0.15, 0.2) is 47.2 Å². The fourth-order valence-corrected chi connectivity index (χ4v) is 4.13. The number of nitrogens with one attached hydrogen (secondary N) is 2. The number of carbonyl (C=O) groups excluding carboxylic acids is 2. The number of aromatic nitrogens is 1. The van der Waals surface area contributed by atoms with Gasteiger partial charge in [0.05, 0.1) is 24.7 Å². The summed E-state index contributed by atoms with van der Waals surface area (Å²) in [5.74, 6) is 2.10. The smallest absolute Gasteiger partial charge is 0.410 e. The monoisotopic (exact) mass is 514 g/mol. The highest BCUT2D eigenvalue weighted by Crippen LogP contribution is 2.23. The molecular weight excluding hydrogens is 492 g/mol. The van der Waals surface area contributed by atoms with Crippen molar-refractivity contribution >= 4 is 38.8 Å². The molecule has 3 heterocycles. The zero-order chi connectivity index (χ0) is 23.2. The molecular formula is C23H23BrN4O5. The van der Waals surface area contributed by atoms with Crippen LogP contribution in [0.2, 0.25) is 0 Å². The van der Waals surface area contributed by atoms with Gasteiger partial charge in [-0.1, -0.05) is 24.1 Å². The second-order valence-corrected chi connectivity index (χ2v) is 8.50. The number of carbonyl (C=O) groups is 2. The minimum Gasteiger partial charge on any atom is -0.444 e. The van der Waals surface area contributed by atoms with Crippen LogP contribution in [0.3, 0.4) is 0 Å². The summed E-state index contributed by atoms with van der Waals surface area (Å²) in [6.45, 7) is 0.601. The summed E-state index contributed by atoms with van der Waals surface area (Å²) in [4.78, 5) is 36.8. The van der Waals surface area contributed by atoms with Gasteiger partial charge in [-0.05, 0) is 34.1 Å². The Labute approximate surface area is 199 Å². The van der Waals surface area contributed by atoms with E-state index in [0.717, 1.165) is 16.5 Å². The number of fused-ring (bicyclic) bond motifs is 1. The van der Waals surface area contributed by atoms with Gasteiger partial charge in [0.1, 0.15) is 30.0 Å². The molecule has 2 aliphatic heterocycles. The molecule has 9 nitrogen and oxygen atoms in total. The lowest BCUT2D eigenvalue weighted by molar-refractivity contribution is -0.125. The maximum absolute atomic E-state index is 12.9. The highest BCUT2D eigenvalue weighted by molar-refractivity contribution is 9.11. The molecule has 0 radical (unpaired) electrons. The molecule has 2 amide bonds. The van der Waals surface area contributed by atoms with Crippen LogP contribution in [-0.4, -0.2) is 59.8 Å². The van der Waals surface area contributed by atoms with Crippen molar-refractivity contribution in [2.45, 2.75) is 31.3 Å². The topological polar surface area (TPSA) is 102 Å². The molecule has 0 saturated carbocycles. The number of halogens is 1. The predicted octanol–water partition coefficient (Wildman–Crippen LogP) is 2.22. The van der Waals surface area contributed by atoms with Crippen molar-refractivity contribution in [1.82, 2.24) is 20.7 Å². The Morgan fingerprint density at radius 3 is 3.03 bits per heavy atom. The second-order valence-electron chi connectivity index (χ2n) is 7.65. The highest BCUT2D eigenvalue weighted by atomic mass is 79.9. The first-order chi connectivity index (χ1) is 16.0. The number of ether oxygens (including phenoxy) is 2. The third-order valence-electron chi connectivity index (χ3n) is 5.33. The van der Waals surface area contributed by atoms with E-state index in [1.807, 2.05) is 30.3 Å². The third-order valence-corrected chi connectivity index (χ3v) is 5.76. The molecule has 1 saturated heterocycles. The van der Waals surface area contributed by atoms with E-state index in [2.05, 4.69) is 37.6 Å². The maximum Gasteiger partial charge on any atom is 0.410 e. The fraction of sp³-hybridized carbons (Fsp3) is 0.348. The molecule has 3 atom stereocenters. The maximum atomic E-state index is 12.9. The van der Waals surface area contributed by atoms with E-state index < -0.39 is 12.1 Å². The lowest BCUT2D eigenvalue weighted by atomic mass is 10.2. The van der Waals surface area contributed by atoms with Gasteiger partial charge in [-0.2, -0.15) is 0 Å². The summed E-state index contributed by atoms with van der Waals surface area (Å²) in [6, 6.07) is 8.87. The highest BCUT2D eigenvalue weighted by Gasteiger charge is 2.41. The largest absolute Gasteiger partial charge is 0.444 e. The van der Waals surface area contributed by atoms with E-state index in [1.54, 1.807) is 12.3 Å². The molecule has 33 heavy (non-hydrogen) atoms. The quantitative estimate of drug-likeness (QED) is 0.431. The summed E-state index contributed by atoms with van der Waals surface area (Å²) in [6.07, 6.45) is 7.79. The minimum absolute atomic E-state index is 0.0395. The molecule has 0 bridgehead atoms. The molecule has 3 unspecified atom stereocenters. The van der Waals surface area contributed by atoms with Crippen LogP contribution in [-0.2, 0) is 25.7 Å². The molecule has 2 aromatic rings. The fourth-order valence-electron chi connectivity index (χ4n) is 3.74. The van der Waals surface area contributed by atoms with Gasteiger partial charge in [-0.3, -0.25) is 25.0 Å². The molecule has 0 spiro atoms. The lowest BCUT2D eigenvalue weighted by Gasteiger charge is -2.23.